The molecule has 9 heteroatoms. The second-order valence-corrected chi connectivity index (χ2v) is 11.3. The molecule has 1 N–H and O–H groups in total. The maximum absolute atomic E-state index is 13.1. The number of hydrogen-bond donors (Lipinski definition) is 1. The van der Waals surface area contributed by atoms with Gasteiger partial charge in [-0.2, -0.15) is 0 Å². The molecule has 1 fully saturated rings. The molecular weight excluding hydrogens is 414 g/mol. The van der Waals surface area contributed by atoms with Crippen molar-refractivity contribution in [3.63, 3.8) is 0 Å². The van der Waals surface area contributed by atoms with Gasteiger partial charge in [0.2, 0.25) is 0 Å². The van der Waals surface area contributed by atoms with Gasteiger partial charge in [0.05, 0.1) is 35.9 Å². The minimum Gasteiger partial charge on any atom is -0.497 e. The molecular formula is C20H25NO6S2. The largest absolute Gasteiger partial charge is 0.497 e. The van der Waals surface area contributed by atoms with E-state index in [-0.39, 0.29) is 16.4 Å². The van der Waals surface area contributed by atoms with Crippen LogP contribution in [-0.4, -0.2) is 60.4 Å². The molecule has 0 aromatic heterocycles. The second-order valence-electron chi connectivity index (χ2n) is 6.99. The quantitative estimate of drug-likeness (QED) is 0.665. The summed E-state index contributed by atoms with van der Waals surface area (Å²) in [6.45, 7) is 0.473. The first-order valence-electron chi connectivity index (χ1n) is 9.20. The SMILES string of the molecule is COc1ccc(CCN[C@H]2CS(=O)(=O)C[C@@H]2S(=O)(=O)c2ccc(OC)cc2)cc1. The highest BCUT2D eigenvalue weighted by atomic mass is 32.2. The summed E-state index contributed by atoms with van der Waals surface area (Å²) in [6, 6.07) is 12.9. The van der Waals surface area contributed by atoms with Crippen molar-refractivity contribution in [2.75, 3.05) is 32.3 Å². The van der Waals surface area contributed by atoms with Gasteiger partial charge in [-0.05, 0) is 54.9 Å². The van der Waals surface area contributed by atoms with Gasteiger partial charge in [0.25, 0.3) is 0 Å². The van der Waals surface area contributed by atoms with Gasteiger partial charge in [-0.3, -0.25) is 0 Å². The first-order valence-corrected chi connectivity index (χ1v) is 12.6. The van der Waals surface area contributed by atoms with E-state index < -0.39 is 31.0 Å². The number of rotatable bonds is 8. The molecule has 1 aliphatic heterocycles. The molecule has 2 atom stereocenters. The number of ether oxygens (including phenoxy) is 2. The lowest BCUT2D eigenvalue weighted by Gasteiger charge is -2.20. The first kappa shape index (κ1) is 21.6. The summed E-state index contributed by atoms with van der Waals surface area (Å²) in [4.78, 5) is 0.0994. The zero-order valence-electron chi connectivity index (χ0n) is 16.4. The van der Waals surface area contributed by atoms with Crippen molar-refractivity contribution >= 4 is 19.7 Å². The fourth-order valence-electron chi connectivity index (χ4n) is 3.45. The van der Waals surface area contributed by atoms with Crippen LogP contribution in [0.3, 0.4) is 0 Å². The van der Waals surface area contributed by atoms with Gasteiger partial charge >= 0.3 is 0 Å². The van der Waals surface area contributed by atoms with Gasteiger partial charge in [0.1, 0.15) is 11.5 Å². The highest BCUT2D eigenvalue weighted by Gasteiger charge is 2.45. The van der Waals surface area contributed by atoms with Gasteiger partial charge < -0.3 is 14.8 Å². The van der Waals surface area contributed by atoms with Gasteiger partial charge in [0, 0.05) is 6.04 Å². The van der Waals surface area contributed by atoms with E-state index in [1.807, 2.05) is 24.3 Å². The zero-order valence-corrected chi connectivity index (χ0v) is 18.0. The van der Waals surface area contributed by atoms with E-state index in [1.54, 1.807) is 19.2 Å². The van der Waals surface area contributed by atoms with E-state index >= 15 is 0 Å². The average molecular weight is 440 g/mol. The Kier molecular flexibility index (Phi) is 6.50. The van der Waals surface area contributed by atoms with Crippen LogP contribution in [0.1, 0.15) is 5.56 Å². The van der Waals surface area contributed by atoms with E-state index in [0.29, 0.717) is 18.7 Å². The van der Waals surface area contributed by atoms with Crippen LogP contribution < -0.4 is 14.8 Å². The monoisotopic (exact) mass is 439 g/mol. The number of nitrogens with one attached hydrogen (secondary N) is 1. The molecule has 0 radical (unpaired) electrons. The number of sulfone groups is 2. The summed E-state index contributed by atoms with van der Waals surface area (Å²) < 4.78 is 60.7. The third-order valence-electron chi connectivity index (χ3n) is 5.07. The van der Waals surface area contributed by atoms with Crippen molar-refractivity contribution in [1.29, 1.82) is 0 Å². The highest BCUT2D eigenvalue weighted by molar-refractivity contribution is 7.96. The fraction of sp³-hybridized carbons (Fsp3) is 0.400. The molecule has 0 amide bonds. The summed E-state index contributed by atoms with van der Waals surface area (Å²) >= 11 is 0. The van der Waals surface area contributed by atoms with Crippen LogP contribution in [0.5, 0.6) is 11.5 Å². The van der Waals surface area contributed by atoms with Crippen molar-refractivity contribution < 1.29 is 26.3 Å². The zero-order chi connectivity index (χ0) is 21.1. The van der Waals surface area contributed by atoms with Crippen LogP contribution in [0, 0.1) is 0 Å². The third kappa shape index (κ3) is 5.09. The lowest BCUT2D eigenvalue weighted by Crippen LogP contribution is -2.44. The summed E-state index contributed by atoms with van der Waals surface area (Å²) in [7, 11) is -4.14. The van der Waals surface area contributed by atoms with Crippen LogP contribution >= 0.6 is 0 Å². The predicted molar refractivity (Wildman–Crippen MR) is 111 cm³/mol. The maximum atomic E-state index is 13.1. The normalized spacial score (nSPS) is 21.0. The van der Waals surface area contributed by atoms with E-state index in [2.05, 4.69) is 5.32 Å². The summed E-state index contributed by atoms with van der Waals surface area (Å²) in [5.41, 5.74) is 1.05. The van der Waals surface area contributed by atoms with E-state index in [0.717, 1.165) is 11.3 Å². The second kappa shape index (κ2) is 8.73. The lowest BCUT2D eigenvalue weighted by atomic mass is 10.1. The van der Waals surface area contributed by atoms with Gasteiger partial charge in [0.15, 0.2) is 19.7 Å². The standard InChI is InChI=1S/C20H25NO6S2/c1-26-16-5-3-15(4-6-16)11-12-21-19-13-28(22,23)14-20(19)29(24,25)18-9-7-17(27-2)8-10-18/h3-10,19-21H,11-14H2,1-2H3/t19-,20-/m0/s1. The van der Waals surface area contributed by atoms with Crippen LogP contribution in [0.25, 0.3) is 0 Å². The van der Waals surface area contributed by atoms with E-state index in [1.165, 1.54) is 19.2 Å². The van der Waals surface area contributed by atoms with Gasteiger partial charge in [-0.25, -0.2) is 16.8 Å². The van der Waals surface area contributed by atoms with Crippen molar-refractivity contribution in [2.45, 2.75) is 22.6 Å². The Labute approximate surface area is 171 Å². The van der Waals surface area contributed by atoms with Crippen LogP contribution in [-0.2, 0) is 26.1 Å². The number of benzene rings is 2. The Balaban J connectivity index is 1.72. The van der Waals surface area contributed by atoms with E-state index in [9.17, 15) is 16.8 Å². The van der Waals surface area contributed by atoms with Crippen molar-refractivity contribution in [1.82, 2.24) is 5.32 Å². The molecule has 0 aliphatic carbocycles. The smallest absolute Gasteiger partial charge is 0.183 e. The van der Waals surface area contributed by atoms with Gasteiger partial charge in [-0.15, -0.1) is 0 Å². The Morgan fingerprint density at radius 2 is 1.48 bits per heavy atom. The maximum Gasteiger partial charge on any atom is 0.183 e. The molecule has 2 aromatic rings. The molecule has 3 rings (SSSR count). The number of hydrogen-bond acceptors (Lipinski definition) is 7. The minimum absolute atomic E-state index is 0.0994. The summed E-state index contributed by atoms with van der Waals surface area (Å²) in [6.07, 6.45) is 0.649. The molecule has 0 spiro atoms. The van der Waals surface area contributed by atoms with Crippen LogP contribution in [0.4, 0.5) is 0 Å². The third-order valence-corrected chi connectivity index (χ3v) is 9.23. The summed E-state index contributed by atoms with van der Waals surface area (Å²) in [5, 5.41) is 2.13. The Morgan fingerprint density at radius 1 is 0.931 bits per heavy atom. The topological polar surface area (TPSA) is 98.8 Å². The van der Waals surface area contributed by atoms with Crippen molar-refractivity contribution in [3.8, 4) is 11.5 Å². The van der Waals surface area contributed by atoms with Crippen molar-refractivity contribution in [3.05, 3.63) is 54.1 Å². The molecule has 1 saturated heterocycles. The molecule has 29 heavy (non-hydrogen) atoms. The van der Waals surface area contributed by atoms with Crippen molar-refractivity contribution in [2.24, 2.45) is 0 Å². The molecule has 158 valence electrons. The van der Waals surface area contributed by atoms with Crippen LogP contribution in [0.2, 0.25) is 0 Å². The molecule has 1 aliphatic rings. The van der Waals surface area contributed by atoms with E-state index in [4.69, 9.17) is 9.47 Å². The summed E-state index contributed by atoms with van der Waals surface area (Å²) in [5.74, 6) is 0.739. The highest BCUT2D eigenvalue weighted by Crippen LogP contribution is 2.27. The molecule has 0 unspecified atom stereocenters. The Morgan fingerprint density at radius 3 is 2.03 bits per heavy atom. The molecule has 2 aromatic carbocycles. The number of methoxy groups -OCH3 is 2. The Hall–Kier alpha value is -2.10. The van der Waals surface area contributed by atoms with Gasteiger partial charge in [-0.1, -0.05) is 12.1 Å². The molecule has 7 nitrogen and oxygen atoms in total. The molecule has 0 bridgehead atoms. The minimum atomic E-state index is -3.80. The lowest BCUT2D eigenvalue weighted by molar-refractivity contribution is 0.414. The first-order chi connectivity index (χ1) is 13.7. The average Bonchev–Trinajstić information content (AvgIpc) is 3.04. The predicted octanol–water partition coefficient (Wildman–Crippen LogP) is 1.48. The molecule has 0 saturated carbocycles. The molecule has 1 heterocycles. The fourth-order valence-corrected chi connectivity index (χ4v) is 8.16. The van der Waals surface area contributed by atoms with Crippen LogP contribution in [0.15, 0.2) is 53.4 Å². The Bertz CT molecular complexity index is 1030.